The van der Waals surface area contributed by atoms with Crippen molar-refractivity contribution in [2.45, 2.75) is 0 Å². The minimum atomic E-state index is -0.970. The van der Waals surface area contributed by atoms with Crippen LogP contribution in [0.5, 0.6) is 0 Å². The number of hydrogen-bond donors (Lipinski definition) is 0. The quantitative estimate of drug-likeness (QED) is 0.192. The summed E-state index contributed by atoms with van der Waals surface area (Å²) in [6.07, 6.45) is 0. The summed E-state index contributed by atoms with van der Waals surface area (Å²) in [5, 5.41) is -5.06. The molecule has 0 saturated carbocycles. The van der Waals surface area contributed by atoms with Gasteiger partial charge < -0.3 is 4.42 Å². The fourth-order valence-corrected chi connectivity index (χ4v) is 5.13. The Morgan fingerprint density at radius 3 is 1.72 bits per heavy atom. The molecule has 0 spiro atoms. The predicted molar refractivity (Wildman–Crippen MR) is 183 cm³/mol. The summed E-state index contributed by atoms with van der Waals surface area (Å²) in [5.74, 6) is 0. The van der Waals surface area contributed by atoms with E-state index in [2.05, 4.69) is 0 Å². The highest BCUT2D eigenvalue weighted by Gasteiger charge is 2.20. The third-order valence-corrected chi connectivity index (χ3v) is 6.94. The highest BCUT2D eigenvalue weighted by Crippen LogP contribution is 2.47. The van der Waals surface area contributed by atoms with Crippen molar-refractivity contribution >= 4 is 54.3 Å². The van der Waals surface area contributed by atoms with Crippen LogP contribution in [0.3, 0.4) is 0 Å². The highest BCUT2D eigenvalue weighted by molar-refractivity contribution is 6.24. The Labute approximate surface area is 285 Å². The van der Waals surface area contributed by atoms with Gasteiger partial charge in [-0.2, -0.15) is 0 Å². The molecule has 1 heteroatoms. The van der Waals surface area contributed by atoms with Gasteiger partial charge in [-0.15, -0.1) is 0 Å². The Bertz CT molecular complexity index is 3860. The van der Waals surface area contributed by atoms with Gasteiger partial charge in [-0.1, -0.05) is 139 Å². The monoisotopic (exact) mass is 572 g/mol. The van der Waals surface area contributed by atoms with Crippen molar-refractivity contribution in [1.29, 1.82) is 0 Å². The van der Waals surface area contributed by atoms with E-state index in [4.69, 9.17) is 29.1 Å². The van der Waals surface area contributed by atoms with E-state index in [1.165, 1.54) is 0 Å². The molecule has 9 rings (SSSR count). The second kappa shape index (κ2) is 9.44. The summed E-state index contributed by atoms with van der Waals surface area (Å²) in [6.45, 7) is 0. The van der Waals surface area contributed by atoms with Gasteiger partial charge in [0.15, 0.2) is 0 Å². The smallest absolute Gasteiger partial charge is 0.143 e. The molecule has 9 aromatic rings. The summed E-state index contributed by atoms with van der Waals surface area (Å²) < 4.78 is 237. The first-order chi connectivity index (χ1) is 32.2. The lowest BCUT2D eigenvalue weighted by atomic mass is 9.85. The van der Waals surface area contributed by atoms with Gasteiger partial charge in [0.05, 0.1) is 35.6 Å². The van der Waals surface area contributed by atoms with Crippen LogP contribution in [0.4, 0.5) is 0 Å². The second-order valence-electron chi connectivity index (χ2n) is 9.26. The first-order valence-corrected chi connectivity index (χ1v) is 12.7. The van der Waals surface area contributed by atoms with Crippen LogP contribution in [0, 0.1) is 0 Å². The summed E-state index contributed by atoms with van der Waals surface area (Å²) >= 11 is 0. The zero-order valence-electron chi connectivity index (χ0n) is 47.4. The molecule has 0 unspecified atom stereocenters. The summed E-state index contributed by atoms with van der Waals surface area (Å²) in [5.41, 5.74) is -5.51. The molecule has 1 nitrogen and oxygen atoms in total. The Balaban J connectivity index is 1.61. The molecule has 0 bridgehead atoms. The molecular formula is C42H26O. The normalized spacial score (nSPS) is 20.2. The van der Waals surface area contributed by atoms with E-state index < -0.39 is 245 Å². The number of benzene rings is 8. The van der Waals surface area contributed by atoms with Gasteiger partial charge in [0.2, 0.25) is 0 Å². The van der Waals surface area contributed by atoms with Crippen molar-refractivity contribution in [2.75, 3.05) is 0 Å². The van der Waals surface area contributed by atoms with Crippen LogP contribution in [-0.4, -0.2) is 0 Å². The second-order valence-corrected chi connectivity index (χ2v) is 9.26. The first-order valence-electron chi connectivity index (χ1n) is 25.7. The minimum absolute atomic E-state index is 0.539. The zero-order chi connectivity index (χ0) is 51.0. The molecule has 200 valence electrons. The van der Waals surface area contributed by atoms with E-state index in [9.17, 15) is 11.0 Å². The van der Waals surface area contributed by atoms with Crippen LogP contribution >= 0.6 is 0 Å². The van der Waals surface area contributed by atoms with Crippen LogP contribution in [0.2, 0.25) is 0 Å². The van der Waals surface area contributed by atoms with Crippen molar-refractivity contribution in [1.82, 2.24) is 0 Å². The van der Waals surface area contributed by atoms with Gasteiger partial charge in [0, 0.05) is 21.9 Å². The summed E-state index contributed by atoms with van der Waals surface area (Å²) in [6, 6.07) is -23.3. The van der Waals surface area contributed by atoms with Gasteiger partial charge in [-0.25, -0.2) is 0 Å². The lowest BCUT2D eigenvalue weighted by Gasteiger charge is -2.18. The minimum Gasteiger partial charge on any atom is -0.455 e. The Hall–Kier alpha value is -5.66. The third kappa shape index (κ3) is 3.72. The van der Waals surface area contributed by atoms with Crippen LogP contribution in [0.1, 0.15) is 35.6 Å². The van der Waals surface area contributed by atoms with E-state index in [0.717, 1.165) is 0 Å². The molecule has 0 radical (unpaired) electrons. The Morgan fingerprint density at radius 1 is 0.372 bits per heavy atom. The molecule has 0 N–H and O–H groups in total. The number of furan rings is 1. The molecule has 1 aromatic heterocycles. The summed E-state index contributed by atoms with van der Waals surface area (Å²) in [4.78, 5) is 0. The highest BCUT2D eigenvalue weighted by atomic mass is 16.3. The van der Waals surface area contributed by atoms with Gasteiger partial charge in [0.25, 0.3) is 0 Å². The fraction of sp³-hybridized carbons (Fsp3) is 0. The molecule has 0 saturated heterocycles. The van der Waals surface area contributed by atoms with Gasteiger partial charge in [0.1, 0.15) is 11.2 Å². The summed E-state index contributed by atoms with van der Waals surface area (Å²) in [7, 11) is 0. The molecular weight excluding hydrogens is 520 g/mol. The Kier molecular flexibility index (Phi) is 2.13. The number of para-hydroxylation sites is 1. The molecule has 8 aromatic carbocycles. The largest absolute Gasteiger partial charge is 0.455 e. The van der Waals surface area contributed by atoms with Crippen LogP contribution in [-0.2, 0) is 0 Å². The van der Waals surface area contributed by atoms with Gasteiger partial charge >= 0.3 is 0 Å². The first kappa shape index (κ1) is 9.69. The molecule has 0 aliphatic carbocycles. The molecule has 0 aliphatic heterocycles. The lowest BCUT2D eigenvalue weighted by Crippen LogP contribution is -1.91. The standard InChI is InChI=1S/C42H26O/c1-2-11-27(12-3-1)30-23-24-39-38(26-30)36-19-10-20-37(42(36)43-39)41-34-17-8-6-15-32(34)40(33-16-7-9-18-35(33)41)31-22-21-28-13-4-5-14-29(28)25-31/h1-26H/i1D,2D,3D,4D,5D,6D,7D,8D,9D,10D,11D,12D,13D,14D,15D,16D,17D,18D,19D,20D,21D,22D,23D,24D,25D,26D. The molecule has 0 amide bonds. The van der Waals surface area contributed by atoms with Crippen molar-refractivity contribution in [3.8, 4) is 33.4 Å². The molecule has 0 aliphatic rings. The number of fused-ring (bicyclic) bond motifs is 6. The van der Waals surface area contributed by atoms with E-state index in [1.807, 2.05) is 0 Å². The van der Waals surface area contributed by atoms with Crippen LogP contribution < -0.4 is 0 Å². The van der Waals surface area contributed by atoms with Crippen LogP contribution in [0.15, 0.2) is 162 Å². The third-order valence-electron chi connectivity index (χ3n) is 6.94. The molecule has 1 heterocycles. The average Bonchev–Trinajstić information content (AvgIpc) is 3.72. The van der Waals surface area contributed by atoms with Gasteiger partial charge in [-0.05, 0) is 72.7 Å². The molecule has 0 fully saturated rings. The SMILES string of the molecule is [2H]c1c([2H])c([2H])c(-c2c([2H])c([2H])c3oc4c(-c5c6c([2H])c([2H])c([2H])c([2H])c6c(-c6c([2H])c([2H])c7c([2H])c([2H])c([2H])c([2H])c7c6[2H])c6c([2H])c([2H])c([2H])c([2H])c56)c([2H])c([2H])c([2H])c4c3c2[2H])c([2H])c1[2H]. The maximum absolute atomic E-state index is 9.45. The lowest BCUT2D eigenvalue weighted by molar-refractivity contribution is 0.670. The van der Waals surface area contributed by atoms with Crippen molar-refractivity contribution < 1.29 is 40.1 Å². The van der Waals surface area contributed by atoms with Gasteiger partial charge in [-0.3, -0.25) is 0 Å². The van der Waals surface area contributed by atoms with E-state index >= 15 is 0 Å². The van der Waals surface area contributed by atoms with Crippen molar-refractivity contribution in [3.63, 3.8) is 0 Å². The van der Waals surface area contributed by atoms with E-state index in [0.29, 0.717) is 0 Å². The molecule has 43 heavy (non-hydrogen) atoms. The van der Waals surface area contributed by atoms with Crippen molar-refractivity contribution in [3.05, 3.63) is 157 Å². The average molecular weight is 573 g/mol. The number of rotatable bonds is 3. The number of hydrogen-bond acceptors (Lipinski definition) is 1. The Morgan fingerprint density at radius 2 is 0.977 bits per heavy atom. The van der Waals surface area contributed by atoms with E-state index in [-0.39, 0.29) is 0 Å². The van der Waals surface area contributed by atoms with Crippen LogP contribution in [0.25, 0.3) is 87.6 Å². The maximum Gasteiger partial charge on any atom is 0.143 e. The zero-order valence-corrected chi connectivity index (χ0v) is 21.4. The maximum atomic E-state index is 9.45. The fourth-order valence-electron chi connectivity index (χ4n) is 5.13. The van der Waals surface area contributed by atoms with Crippen molar-refractivity contribution in [2.24, 2.45) is 0 Å². The molecule has 0 atom stereocenters. The predicted octanol–water partition coefficient (Wildman–Crippen LogP) is 12.0. The topological polar surface area (TPSA) is 13.1 Å². The van der Waals surface area contributed by atoms with E-state index in [1.54, 1.807) is 0 Å².